The Labute approximate surface area is 173 Å². The number of hydrogen-bond acceptors (Lipinski definition) is 4. The Balaban J connectivity index is 0.00000225. The van der Waals surface area contributed by atoms with Crippen LogP contribution >= 0.6 is 23.7 Å². The minimum absolute atomic E-state index is 0. The number of nitrogens with two attached hydrogens (primary N) is 1. The van der Waals surface area contributed by atoms with Crippen molar-refractivity contribution in [2.24, 2.45) is 11.7 Å². The molecule has 1 atom stereocenters. The molecule has 148 valence electrons. The molecule has 3 aromatic rings. The van der Waals surface area contributed by atoms with E-state index >= 15 is 0 Å². The van der Waals surface area contributed by atoms with Crippen LogP contribution in [0.2, 0.25) is 0 Å². The molecular formula is C21H22ClFN2O2S. The highest BCUT2D eigenvalue weighted by Crippen LogP contribution is 2.36. The van der Waals surface area contributed by atoms with E-state index in [1.165, 1.54) is 17.4 Å². The molecule has 4 rings (SSSR count). The minimum Gasteiger partial charge on any atom is -0.489 e. The third kappa shape index (κ3) is 4.29. The van der Waals surface area contributed by atoms with Gasteiger partial charge >= 0.3 is 0 Å². The maximum Gasteiger partial charge on any atom is 0.262 e. The van der Waals surface area contributed by atoms with Crippen molar-refractivity contribution in [2.75, 3.05) is 6.54 Å². The van der Waals surface area contributed by atoms with Crippen molar-refractivity contribution >= 4 is 39.7 Å². The van der Waals surface area contributed by atoms with Gasteiger partial charge in [-0.1, -0.05) is 24.3 Å². The van der Waals surface area contributed by atoms with Crippen LogP contribution in [0, 0.1) is 11.7 Å². The predicted molar refractivity (Wildman–Crippen MR) is 113 cm³/mol. The van der Waals surface area contributed by atoms with Gasteiger partial charge in [-0.3, -0.25) is 4.79 Å². The number of fused-ring (bicyclic) bond motifs is 1. The monoisotopic (exact) mass is 420 g/mol. The van der Waals surface area contributed by atoms with E-state index in [9.17, 15) is 9.18 Å². The van der Waals surface area contributed by atoms with E-state index in [4.69, 9.17) is 10.5 Å². The molecule has 1 amide bonds. The molecule has 0 radical (unpaired) electrons. The summed E-state index contributed by atoms with van der Waals surface area (Å²) in [7, 11) is 0. The third-order valence-corrected chi connectivity index (χ3v) is 6.05. The van der Waals surface area contributed by atoms with E-state index in [0.29, 0.717) is 34.0 Å². The van der Waals surface area contributed by atoms with Crippen LogP contribution in [0.15, 0.2) is 48.5 Å². The number of carbonyl (C=O) groups excluding carboxylic acids is 1. The van der Waals surface area contributed by atoms with Crippen LogP contribution in [0.4, 0.5) is 4.39 Å². The molecule has 1 fully saturated rings. The molecule has 0 aliphatic heterocycles. The summed E-state index contributed by atoms with van der Waals surface area (Å²) in [6, 6.07) is 14.2. The highest BCUT2D eigenvalue weighted by atomic mass is 35.5. The predicted octanol–water partition coefficient (Wildman–Crippen LogP) is 4.51. The summed E-state index contributed by atoms with van der Waals surface area (Å²) >= 11 is 1.29. The Kier molecular flexibility index (Phi) is 6.54. The topological polar surface area (TPSA) is 64.3 Å². The molecule has 1 aliphatic carbocycles. The van der Waals surface area contributed by atoms with Gasteiger partial charge in [0.15, 0.2) is 0 Å². The van der Waals surface area contributed by atoms with Gasteiger partial charge in [0.05, 0.1) is 4.88 Å². The number of rotatable bonds is 7. The van der Waals surface area contributed by atoms with E-state index in [0.717, 1.165) is 17.5 Å². The fourth-order valence-corrected chi connectivity index (χ4v) is 4.39. The molecule has 1 unspecified atom stereocenters. The van der Waals surface area contributed by atoms with Gasteiger partial charge in [0, 0.05) is 28.2 Å². The quantitative estimate of drug-likeness (QED) is 0.591. The normalized spacial score (nSPS) is 14.4. The second kappa shape index (κ2) is 8.90. The summed E-state index contributed by atoms with van der Waals surface area (Å²) in [5.74, 6) is 0.586. The number of halogens is 2. The summed E-state index contributed by atoms with van der Waals surface area (Å²) in [4.78, 5) is 13.4. The van der Waals surface area contributed by atoms with Crippen molar-refractivity contribution in [3.05, 3.63) is 64.8 Å². The molecule has 7 heteroatoms. The lowest BCUT2D eigenvalue weighted by molar-refractivity contribution is 0.0935. The van der Waals surface area contributed by atoms with Gasteiger partial charge in [-0.05, 0) is 43.0 Å². The number of thiophene rings is 1. The lowest BCUT2D eigenvalue weighted by Crippen LogP contribution is -2.41. The second-order valence-electron chi connectivity index (χ2n) is 6.78. The molecule has 1 aromatic heterocycles. The molecular weight excluding hydrogens is 399 g/mol. The molecule has 2 aromatic carbocycles. The average Bonchev–Trinajstić information content (AvgIpc) is 3.46. The summed E-state index contributed by atoms with van der Waals surface area (Å²) in [6.45, 7) is 0.538. The van der Waals surface area contributed by atoms with Crippen LogP contribution in [0.25, 0.3) is 10.1 Å². The van der Waals surface area contributed by atoms with Crippen LogP contribution in [-0.4, -0.2) is 18.5 Å². The molecule has 1 saturated carbocycles. The third-order valence-electron chi connectivity index (χ3n) is 4.86. The zero-order valence-corrected chi connectivity index (χ0v) is 16.8. The van der Waals surface area contributed by atoms with E-state index in [2.05, 4.69) is 5.32 Å². The Bertz CT molecular complexity index is 960. The molecule has 3 N–H and O–H groups in total. The van der Waals surface area contributed by atoms with Crippen molar-refractivity contribution < 1.29 is 13.9 Å². The van der Waals surface area contributed by atoms with Crippen molar-refractivity contribution in [1.29, 1.82) is 0 Å². The van der Waals surface area contributed by atoms with Crippen LogP contribution in [0.5, 0.6) is 5.75 Å². The standard InChI is InChI=1S/C21H21FN2O2S.ClH/c22-16-7-4-8-18-19(16)15(12-26-14-5-2-1-3-6-14)20(27-18)21(25)24-17(11-23)13-9-10-13;/h1-8,13,17H,9-12,23H2,(H,24,25);1H. The Morgan fingerprint density at radius 2 is 1.96 bits per heavy atom. The SMILES string of the molecule is Cl.NCC(NC(=O)c1sc2cccc(F)c2c1COc1ccccc1)C1CC1. The van der Waals surface area contributed by atoms with E-state index in [-0.39, 0.29) is 36.8 Å². The summed E-state index contributed by atoms with van der Waals surface area (Å²) in [6.07, 6.45) is 2.18. The maximum atomic E-state index is 14.5. The smallest absolute Gasteiger partial charge is 0.262 e. The summed E-state index contributed by atoms with van der Waals surface area (Å²) in [5, 5.41) is 3.49. The van der Waals surface area contributed by atoms with Gasteiger partial charge in [-0.2, -0.15) is 0 Å². The minimum atomic E-state index is -0.341. The van der Waals surface area contributed by atoms with Crippen molar-refractivity contribution in [3.63, 3.8) is 0 Å². The molecule has 1 aliphatic rings. The highest BCUT2D eigenvalue weighted by molar-refractivity contribution is 7.21. The van der Waals surface area contributed by atoms with Gasteiger partial charge in [-0.15, -0.1) is 23.7 Å². The summed E-state index contributed by atoms with van der Waals surface area (Å²) in [5.41, 5.74) is 6.40. The zero-order chi connectivity index (χ0) is 18.8. The number of nitrogens with one attached hydrogen (secondary N) is 1. The molecule has 0 spiro atoms. The number of carbonyl (C=O) groups is 1. The van der Waals surface area contributed by atoms with Crippen molar-refractivity contribution in [3.8, 4) is 5.75 Å². The lowest BCUT2D eigenvalue weighted by Gasteiger charge is -2.16. The molecule has 0 saturated heterocycles. The van der Waals surface area contributed by atoms with Crippen LogP contribution in [0.3, 0.4) is 0 Å². The number of amides is 1. The molecule has 0 bridgehead atoms. The van der Waals surface area contributed by atoms with Crippen LogP contribution < -0.4 is 15.8 Å². The fraction of sp³-hybridized carbons (Fsp3) is 0.286. The van der Waals surface area contributed by atoms with E-state index in [1.54, 1.807) is 6.07 Å². The van der Waals surface area contributed by atoms with Gasteiger partial charge in [0.2, 0.25) is 0 Å². The number of ether oxygens (including phenoxy) is 1. The Morgan fingerprint density at radius 3 is 2.64 bits per heavy atom. The fourth-order valence-electron chi connectivity index (χ4n) is 3.26. The van der Waals surface area contributed by atoms with Crippen molar-refractivity contribution in [1.82, 2.24) is 5.32 Å². The van der Waals surface area contributed by atoms with E-state index < -0.39 is 0 Å². The van der Waals surface area contributed by atoms with Gasteiger partial charge in [-0.25, -0.2) is 4.39 Å². The van der Waals surface area contributed by atoms with Crippen molar-refractivity contribution in [2.45, 2.75) is 25.5 Å². The summed E-state index contributed by atoms with van der Waals surface area (Å²) < 4.78 is 21.1. The second-order valence-corrected chi connectivity index (χ2v) is 7.83. The Morgan fingerprint density at radius 1 is 1.21 bits per heavy atom. The number of para-hydroxylation sites is 1. The molecule has 28 heavy (non-hydrogen) atoms. The van der Waals surface area contributed by atoms with Gasteiger partial charge < -0.3 is 15.8 Å². The first-order chi connectivity index (χ1) is 13.2. The maximum absolute atomic E-state index is 14.5. The Hall–Kier alpha value is -2.15. The molecule has 4 nitrogen and oxygen atoms in total. The van der Waals surface area contributed by atoms with Gasteiger partial charge in [0.25, 0.3) is 5.91 Å². The number of hydrogen-bond donors (Lipinski definition) is 2. The first-order valence-corrected chi connectivity index (χ1v) is 9.87. The number of benzene rings is 2. The van der Waals surface area contributed by atoms with Crippen LogP contribution in [-0.2, 0) is 6.61 Å². The van der Waals surface area contributed by atoms with Crippen LogP contribution in [0.1, 0.15) is 28.1 Å². The first kappa shape index (κ1) is 20.6. The van der Waals surface area contributed by atoms with E-state index in [1.807, 2.05) is 36.4 Å². The lowest BCUT2D eigenvalue weighted by atomic mass is 10.1. The largest absolute Gasteiger partial charge is 0.489 e. The first-order valence-electron chi connectivity index (χ1n) is 9.06. The van der Waals surface area contributed by atoms with Gasteiger partial charge in [0.1, 0.15) is 18.2 Å². The zero-order valence-electron chi connectivity index (χ0n) is 15.2. The average molecular weight is 421 g/mol. The highest BCUT2D eigenvalue weighted by Gasteiger charge is 2.32. The molecule has 1 heterocycles.